The fraction of sp³-hybridized carbons (Fsp3) is 0.640. The summed E-state index contributed by atoms with van der Waals surface area (Å²) < 4.78 is 43.4. The lowest BCUT2D eigenvalue weighted by molar-refractivity contribution is -0.187. The van der Waals surface area contributed by atoms with Crippen LogP contribution in [-0.4, -0.2) is 61.0 Å². The van der Waals surface area contributed by atoms with Gasteiger partial charge in [0.05, 0.1) is 0 Å². The van der Waals surface area contributed by atoms with E-state index >= 15 is 0 Å². The minimum absolute atomic E-state index is 0.396. The number of hydrogen-bond donors (Lipinski definition) is 0. The van der Waals surface area contributed by atoms with Crippen molar-refractivity contribution in [2.45, 2.75) is 208 Å². The maximum Gasteiger partial charge on any atom is 0.514 e. The number of rotatable bonds is 30. The molecule has 16 nitrogen and oxygen atoms in total. The third-order valence-electron chi connectivity index (χ3n) is 10.4. The molecule has 4 atom stereocenters. The van der Waals surface area contributed by atoms with Gasteiger partial charge in [0, 0.05) is 0 Å². The van der Waals surface area contributed by atoms with Gasteiger partial charge in [-0.1, -0.05) is 117 Å². The standard InChI is InChI=1S/C50H74O16/c1-9-13-17-21-27-35(5)57-47(53)61-41-33-25-31-39(43(41)63-49(55)59-37(7)29-23-19-15-11-3)45(51)65-66-46(52)40-32-26-34-42(62-48(54)58-36(6)28-22-18-14-10-2)44(40)64-50(56)60-38(8)30-24-20-16-12-4/h25-26,31-38H,9-24,27-30H2,1-8H3. The van der Waals surface area contributed by atoms with Crippen LogP contribution in [0, 0.1) is 0 Å². The Hall–Kier alpha value is -5.54. The highest BCUT2D eigenvalue weighted by atomic mass is 17.2. The molecule has 0 heterocycles. The van der Waals surface area contributed by atoms with Crippen LogP contribution in [-0.2, 0) is 28.7 Å². The summed E-state index contributed by atoms with van der Waals surface area (Å²) in [6.45, 7) is 15.1. The molecule has 0 saturated carbocycles. The minimum Gasteiger partial charge on any atom is -0.431 e. The lowest BCUT2D eigenvalue weighted by atomic mass is 10.1. The van der Waals surface area contributed by atoms with Crippen LogP contribution in [0.4, 0.5) is 19.2 Å². The number of carbonyl (C=O) groups excluding carboxylic acids is 6. The largest absolute Gasteiger partial charge is 0.514 e. The predicted octanol–water partition coefficient (Wildman–Crippen LogP) is 14.1. The van der Waals surface area contributed by atoms with E-state index in [9.17, 15) is 28.8 Å². The number of hydrogen-bond acceptors (Lipinski definition) is 16. The first kappa shape index (κ1) is 56.6. The van der Waals surface area contributed by atoms with Gasteiger partial charge in [-0.15, -0.1) is 0 Å². The lowest BCUT2D eigenvalue weighted by Gasteiger charge is -2.17. The molecule has 0 spiro atoms. The normalized spacial score (nSPS) is 12.7. The van der Waals surface area contributed by atoms with E-state index in [0.29, 0.717) is 25.7 Å². The molecule has 0 aliphatic rings. The van der Waals surface area contributed by atoms with Gasteiger partial charge in [-0.05, 0) is 103 Å². The van der Waals surface area contributed by atoms with Crippen LogP contribution in [0.5, 0.6) is 23.0 Å². The molecule has 0 aliphatic heterocycles. The third-order valence-corrected chi connectivity index (χ3v) is 10.4. The zero-order valence-corrected chi connectivity index (χ0v) is 40.4. The summed E-state index contributed by atoms with van der Waals surface area (Å²) in [4.78, 5) is 89.1. The molecule has 0 fully saturated rings. The van der Waals surface area contributed by atoms with Gasteiger partial charge >= 0.3 is 36.6 Å². The monoisotopic (exact) mass is 930 g/mol. The van der Waals surface area contributed by atoms with E-state index in [4.69, 9.17) is 47.7 Å². The van der Waals surface area contributed by atoms with E-state index in [-0.39, 0.29) is 0 Å². The van der Waals surface area contributed by atoms with Gasteiger partial charge in [-0.3, -0.25) is 0 Å². The van der Waals surface area contributed by atoms with Gasteiger partial charge in [0.1, 0.15) is 35.5 Å². The third kappa shape index (κ3) is 23.1. The van der Waals surface area contributed by atoms with E-state index in [0.717, 1.165) is 103 Å². The Morgan fingerprint density at radius 1 is 0.379 bits per heavy atom. The SMILES string of the molecule is CCCCCCC(C)OC(=O)Oc1cccc(C(=O)OOC(=O)c2cccc(OC(=O)OC(C)CCCCCC)c2OC(=O)OC(C)CCCCCC)c1OC(=O)OC(C)CCCCCC. The molecule has 2 aromatic rings. The second-order valence-corrected chi connectivity index (χ2v) is 16.5. The highest BCUT2D eigenvalue weighted by molar-refractivity contribution is 5.97. The van der Waals surface area contributed by atoms with E-state index in [1.807, 2.05) is 0 Å². The van der Waals surface area contributed by atoms with Gasteiger partial charge in [0.25, 0.3) is 0 Å². The van der Waals surface area contributed by atoms with Gasteiger partial charge < -0.3 is 37.9 Å². The number of ether oxygens (including phenoxy) is 8. The number of para-hydroxylation sites is 2. The summed E-state index contributed by atoms with van der Waals surface area (Å²) in [5.74, 6) is -4.70. The highest BCUT2D eigenvalue weighted by Crippen LogP contribution is 2.35. The summed E-state index contributed by atoms with van der Waals surface area (Å²) >= 11 is 0. The van der Waals surface area contributed by atoms with Crippen LogP contribution in [0.1, 0.15) is 205 Å². The summed E-state index contributed by atoms with van der Waals surface area (Å²) in [6, 6.07) is 7.45. The molecule has 16 heteroatoms. The Balaban J connectivity index is 2.39. The number of benzene rings is 2. The van der Waals surface area contributed by atoms with E-state index in [2.05, 4.69) is 27.7 Å². The van der Waals surface area contributed by atoms with E-state index < -0.39 is 95.1 Å². The molecular weight excluding hydrogens is 857 g/mol. The number of unbranched alkanes of at least 4 members (excludes halogenated alkanes) is 12. The molecule has 0 aromatic heterocycles. The first-order chi connectivity index (χ1) is 31.7. The molecule has 0 N–H and O–H groups in total. The fourth-order valence-corrected chi connectivity index (χ4v) is 6.66. The van der Waals surface area contributed by atoms with Crippen LogP contribution < -0.4 is 18.9 Å². The quantitative estimate of drug-likeness (QED) is 0.0179. The van der Waals surface area contributed by atoms with Crippen molar-refractivity contribution in [2.75, 3.05) is 0 Å². The zero-order valence-electron chi connectivity index (χ0n) is 40.4. The first-order valence-corrected chi connectivity index (χ1v) is 24.0. The van der Waals surface area contributed by atoms with Crippen molar-refractivity contribution >= 4 is 36.6 Å². The molecule has 0 radical (unpaired) electrons. The molecule has 4 unspecified atom stereocenters. The lowest BCUT2D eigenvalue weighted by Crippen LogP contribution is -2.23. The van der Waals surface area contributed by atoms with Crippen molar-refractivity contribution in [1.82, 2.24) is 0 Å². The first-order valence-electron chi connectivity index (χ1n) is 24.0. The van der Waals surface area contributed by atoms with Crippen LogP contribution in [0.15, 0.2) is 36.4 Å². The van der Waals surface area contributed by atoms with Crippen LogP contribution in [0.2, 0.25) is 0 Å². The molecule has 0 aliphatic carbocycles. The van der Waals surface area contributed by atoms with Crippen LogP contribution >= 0.6 is 0 Å². The Kier molecular flexibility index (Phi) is 28.3. The second kappa shape index (κ2) is 33.0. The Morgan fingerprint density at radius 3 is 0.924 bits per heavy atom. The van der Waals surface area contributed by atoms with Gasteiger partial charge in [-0.2, -0.15) is 0 Å². The zero-order chi connectivity index (χ0) is 48.7. The topological polar surface area (TPSA) is 195 Å². The van der Waals surface area contributed by atoms with Gasteiger partial charge in [0.2, 0.25) is 0 Å². The van der Waals surface area contributed by atoms with Gasteiger partial charge in [0.15, 0.2) is 23.0 Å². The van der Waals surface area contributed by atoms with Crippen molar-refractivity contribution < 1.29 is 76.4 Å². The Bertz CT molecular complexity index is 1650. The summed E-state index contributed by atoms with van der Waals surface area (Å²) in [7, 11) is 0. The average molecular weight is 931 g/mol. The molecule has 0 bridgehead atoms. The summed E-state index contributed by atoms with van der Waals surface area (Å²) in [6.07, 6.45) is 10.9. The fourth-order valence-electron chi connectivity index (χ4n) is 6.66. The Morgan fingerprint density at radius 2 is 0.652 bits per heavy atom. The van der Waals surface area contributed by atoms with Gasteiger partial charge in [-0.25, -0.2) is 38.5 Å². The highest BCUT2D eigenvalue weighted by Gasteiger charge is 2.30. The second-order valence-electron chi connectivity index (χ2n) is 16.5. The van der Waals surface area contributed by atoms with Crippen LogP contribution in [0.25, 0.3) is 0 Å². The molecular formula is C50H74O16. The summed E-state index contributed by atoms with van der Waals surface area (Å²) in [5, 5.41) is 0. The van der Waals surface area contributed by atoms with Crippen molar-refractivity contribution in [3.63, 3.8) is 0 Å². The van der Waals surface area contributed by atoms with Crippen molar-refractivity contribution in [3.05, 3.63) is 47.5 Å². The van der Waals surface area contributed by atoms with E-state index in [1.165, 1.54) is 36.4 Å². The molecule has 0 amide bonds. The number of carbonyl (C=O) groups is 6. The Labute approximate surface area is 390 Å². The molecule has 66 heavy (non-hydrogen) atoms. The van der Waals surface area contributed by atoms with E-state index in [1.54, 1.807) is 27.7 Å². The predicted molar refractivity (Wildman–Crippen MR) is 245 cm³/mol. The maximum atomic E-state index is 13.6. The molecule has 2 aromatic carbocycles. The van der Waals surface area contributed by atoms with Crippen molar-refractivity contribution in [1.29, 1.82) is 0 Å². The average Bonchev–Trinajstić information content (AvgIpc) is 3.27. The van der Waals surface area contributed by atoms with Crippen LogP contribution in [0.3, 0.4) is 0 Å². The van der Waals surface area contributed by atoms with Crippen molar-refractivity contribution in [3.8, 4) is 23.0 Å². The smallest absolute Gasteiger partial charge is 0.431 e. The maximum absolute atomic E-state index is 13.6. The van der Waals surface area contributed by atoms with Crippen molar-refractivity contribution in [2.24, 2.45) is 0 Å². The molecule has 370 valence electrons. The minimum atomic E-state index is -1.37. The molecule has 2 rings (SSSR count). The molecule has 0 saturated heterocycles. The summed E-state index contributed by atoms with van der Waals surface area (Å²) in [5.41, 5.74) is -1.02.